The van der Waals surface area contributed by atoms with Gasteiger partial charge in [-0.05, 0) is 83.5 Å². The molecule has 3 N–H and O–H groups in total. The van der Waals surface area contributed by atoms with E-state index in [2.05, 4.69) is 104 Å². The molecule has 0 aliphatic carbocycles. The van der Waals surface area contributed by atoms with Crippen LogP contribution in [0.3, 0.4) is 0 Å². The van der Waals surface area contributed by atoms with Gasteiger partial charge >= 0.3 is 7.82 Å². The van der Waals surface area contributed by atoms with Crippen LogP contribution < -0.4 is 5.32 Å². The number of carbonyl (C=O) groups is 1. The van der Waals surface area contributed by atoms with Gasteiger partial charge in [-0.2, -0.15) is 0 Å². The number of amides is 1. The number of aliphatic hydroxyl groups is 1. The number of nitrogens with one attached hydrogen (secondary N) is 1. The normalized spacial score (nSPS) is 14.3. The lowest BCUT2D eigenvalue weighted by Crippen LogP contribution is -2.45. The fourth-order valence-corrected chi connectivity index (χ4v) is 10.9. The van der Waals surface area contributed by atoms with Crippen LogP contribution in [0, 0.1) is 0 Å². The van der Waals surface area contributed by atoms with Gasteiger partial charge in [-0.3, -0.25) is 13.8 Å². The number of allylic oxidation sites excluding steroid dienone is 15. The molecule has 9 heteroatoms. The third kappa shape index (κ3) is 66.8. The summed E-state index contributed by atoms with van der Waals surface area (Å²) in [5.74, 6) is -0.183. The van der Waals surface area contributed by atoms with Crippen LogP contribution in [-0.2, 0) is 18.4 Å². The summed E-state index contributed by atoms with van der Waals surface area (Å²) < 4.78 is 23.8. The molecule has 482 valence electrons. The zero-order valence-electron chi connectivity index (χ0n) is 55.2. The van der Waals surface area contributed by atoms with E-state index in [0.717, 1.165) is 77.0 Å². The predicted molar refractivity (Wildman–Crippen MR) is 364 cm³/mol. The maximum absolute atomic E-state index is 13.0. The summed E-state index contributed by atoms with van der Waals surface area (Å²) in [6.45, 7) is 4.71. The van der Waals surface area contributed by atoms with Crippen LogP contribution in [-0.4, -0.2) is 73.4 Å². The Balaban J connectivity index is 3.98. The molecule has 3 atom stereocenters. The summed E-state index contributed by atoms with van der Waals surface area (Å²) in [7, 11) is 1.56. The van der Waals surface area contributed by atoms with Crippen LogP contribution >= 0.6 is 7.82 Å². The van der Waals surface area contributed by atoms with Crippen molar-refractivity contribution in [2.24, 2.45) is 0 Å². The number of phosphoric acid groups is 1. The van der Waals surface area contributed by atoms with Gasteiger partial charge in [0.05, 0.1) is 39.9 Å². The average molecular weight is 1180 g/mol. The largest absolute Gasteiger partial charge is 0.472 e. The topological polar surface area (TPSA) is 105 Å². The molecule has 83 heavy (non-hydrogen) atoms. The minimum Gasteiger partial charge on any atom is -0.387 e. The number of unbranched alkanes of at least 4 members (excludes halogenated alkanes) is 37. The van der Waals surface area contributed by atoms with Crippen molar-refractivity contribution in [1.82, 2.24) is 5.32 Å². The fraction of sp³-hybridized carbons (Fsp3) is 0.770. The van der Waals surface area contributed by atoms with E-state index in [-0.39, 0.29) is 19.1 Å². The summed E-state index contributed by atoms with van der Waals surface area (Å²) in [5.41, 5.74) is 0. The Labute approximate surface area is 515 Å². The van der Waals surface area contributed by atoms with Gasteiger partial charge in [-0.1, -0.05) is 323 Å². The van der Waals surface area contributed by atoms with Crippen molar-refractivity contribution in [3.63, 3.8) is 0 Å². The van der Waals surface area contributed by atoms with Crippen LogP contribution in [0.15, 0.2) is 97.2 Å². The van der Waals surface area contributed by atoms with Gasteiger partial charge in [-0.15, -0.1) is 0 Å². The van der Waals surface area contributed by atoms with Gasteiger partial charge in [0.25, 0.3) is 0 Å². The van der Waals surface area contributed by atoms with Crippen molar-refractivity contribution in [2.75, 3.05) is 40.9 Å². The van der Waals surface area contributed by atoms with Crippen LogP contribution in [0.25, 0.3) is 0 Å². The number of rotatable bonds is 64. The molecular weight excluding hydrogens is 1040 g/mol. The molecule has 0 aromatic rings. The van der Waals surface area contributed by atoms with Crippen LogP contribution in [0.5, 0.6) is 0 Å². The smallest absolute Gasteiger partial charge is 0.387 e. The standard InChI is InChI=1S/C74H135N2O6P/c1-6-8-10-12-14-16-18-20-22-24-26-28-29-30-31-32-33-34-35-36-37-38-39-40-41-42-43-44-45-46-47-48-50-52-54-56-58-60-62-64-66-68-74(78)75-72(71-82-83(79,80)81-70-69-76(3,4)5)73(77)67-65-63-61-59-57-55-53-51-49-27-25-23-21-19-17-15-13-11-9-7-2/h8,10,14,16,20,22,26,28,30-31,33-34,57,59,65,67,72-73,77H,6-7,9,11-13,15,17-19,21,23-25,27,29,32,35-56,58,60-64,66,68-71H2,1-5H3,(H-,75,78,79,80)/p+1/b10-8-,16-14-,22-20-,28-26-,31-30-,34-33-,59-57+,67-65+. The van der Waals surface area contributed by atoms with E-state index in [9.17, 15) is 19.4 Å². The predicted octanol–water partition coefficient (Wildman–Crippen LogP) is 22.5. The third-order valence-electron chi connectivity index (χ3n) is 15.5. The first-order valence-electron chi connectivity index (χ1n) is 35.1. The van der Waals surface area contributed by atoms with Gasteiger partial charge in [0.15, 0.2) is 0 Å². The van der Waals surface area contributed by atoms with Gasteiger partial charge < -0.3 is 19.8 Å². The third-order valence-corrected chi connectivity index (χ3v) is 16.5. The Morgan fingerprint density at radius 2 is 0.735 bits per heavy atom. The molecule has 0 aliphatic heterocycles. The maximum atomic E-state index is 13.0. The molecule has 0 heterocycles. The lowest BCUT2D eigenvalue weighted by molar-refractivity contribution is -0.870. The lowest BCUT2D eigenvalue weighted by atomic mass is 10.0. The fourth-order valence-electron chi connectivity index (χ4n) is 10.1. The van der Waals surface area contributed by atoms with Gasteiger partial charge in [-0.25, -0.2) is 4.57 Å². The number of hydrogen-bond donors (Lipinski definition) is 3. The van der Waals surface area contributed by atoms with Crippen LogP contribution in [0.4, 0.5) is 0 Å². The number of carbonyl (C=O) groups excluding carboxylic acids is 1. The van der Waals surface area contributed by atoms with Gasteiger partial charge in [0.2, 0.25) is 5.91 Å². The minimum atomic E-state index is -4.36. The lowest BCUT2D eigenvalue weighted by Gasteiger charge is -2.25. The molecule has 0 saturated carbocycles. The molecule has 0 aromatic carbocycles. The first kappa shape index (κ1) is 80.4. The molecule has 8 nitrogen and oxygen atoms in total. The first-order valence-corrected chi connectivity index (χ1v) is 36.6. The Hall–Kier alpha value is -2.58. The molecular formula is C74H136N2O6P+. The number of phosphoric ester groups is 1. The highest BCUT2D eigenvalue weighted by atomic mass is 31.2. The minimum absolute atomic E-state index is 0.0553. The second-order valence-electron chi connectivity index (χ2n) is 24.9. The van der Waals surface area contributed by atoms with Crippen molar-refractivity contribution in [2.45, 2.75) is 328 Å². The zero-order valence-corrected chi connectivity index (χ0v) is 56.1. The quantitative estimate of drug-likeness (QED) is 0.0243. The molecule has 0 radical (unpaired) electrons. The maximum Gasteiger partial charge on any atom is 0.472 e. The second kappa shape index (κ2) is 63.9. The Morgan fingerprint density at radius 1 is 0.422 bits per heavy atom. The Bertz CT molecular complexity index is 1670. The highest BCUT2D eigenvalue weighted by molar-refractivity contribution is 7.47. The van der Waals surface area contributed by atoms with E-state index in [1.165, 1.54) is 218 Å². The Kier molecular flexibility index (Phi) is 61.9. The Morgan fingerprint density at radius 3 is 1.11 bits per heavy atom. The van der Waals surface area contributed by atoms with Crippen molar-refractivity contribution in [3.8, 4) is 0 Å². The average Bonchev–Trinajstić information content (AvgIpc) is 3.49. The monoisotopic (exact) mass is 1180 g/mol. The van der Waals surface area contributed by atoms with E-state index >= 15 is 0 Å². The molecule has 0 aromatic heterocycles. The van der Waals surface area contributed by atoms with Crippen molar-refractivity contribution < 1.29 is 32.9 Å². The molecule has 1 amide bonds. The number of aliphatic hydroxyl groups excluding tert-OH is 1. The van der Waals surface area contributed by atoms with E-state index in [4.69, 9.17) is 9.05 Å². The van der Waals surface area contributed by atoms with Crippen molar-refractivity contribution >= 4 is 13.7 Å². The summed E-state index contributed by atoms with van der Waals surface area (Å²) in [4.78, 5) is 23.4. The molecule has 0 aliphatic rings. The number of hydrogen-bond acceptors (Lipinski definition) is 5. The van der Waals surface area contributed by atoms with E-state index < -0.39 is 20.0 Å². The van der Waals surface area contributed by atoms with E-state index in [0.29, 0.717) is 17.4 Å². The van der Waals surface area contributed by atoms with E-state index in [1.807, 2.05) is 27.2 Å². The summed E-state index contributed by atoms with van der Waals surface area (Å²) in [6, 6.07) is -0.866. The molecule has 0 saturated heterocycles. The summed E-state index contributed by atoms with van der Waals surface area (Å²) >= 11 is 0. The molecule has 0 fully saturated rings. The SMILES string of the molecule is CC/C=C\C/C=C\C/C=C\C/C=C\C/C=C\C/C=C\CCCCCCCCCCCCCCCCCCCCCCCCC(=O)NC(COP(=O)(O)OCC[N+](C)(C)C)C(O)/C=C/CC/C=C/CCCCCCCCCCCCCCCC. The van der Waals surface area contributed by atoms with Crippen LogP contribution in [0.1, 0.15) is 316 Å². The molecule has 3 unspecified atom stereocenters. The van der Waals surface area contributed by atoms with E-state index in [1.54, 1.807) is 6.08 Å². The van der Waals surface area contributed by atoms with Gasteiger partial charge in [0, 0.05) is 6.42 Å². The number of nitrogens with zero attached hydrogens (tertiary/aromatic N) is 1. The van der Waals surface area contributed by atoms with Crippen LogP contribution in [0.2, 0.25) is 0 Å². The zero-order chi connectivity index (χ0) is 60.5. The first-order chi connectivity index (χ1) is 40.5. The highest BCUT2D eigenvalue weighted by Gasteiger charge is 2.28. The van der Waals surface area contributed by atoms with Gasteiger partial charge in [0.1, 0.15) is 13.2 Å². The van der Waals surface area contributed by atoms with Crippen molar-refractivity contribution in [3.05, 3.63) is 97.2 Å². The summed E-state index contributed by atoms with van der Waals surface area (Å²) in [6.07, 6.45) is 92.8. The number of quaternary nitrogens is 1. The summed E-state index contributed by atoms with van der Waals surface area (Å²) in [5, 5.41) is 14.0. The number of likely N-dealkylation sites (N-methyl/N-ethyl adjacent to an activating group) is 1. The molecule has 0 rings (SSSR count). The molecule has 0 bridgehead atoms. The molecule has 0 spiro atoms. The second-order valence-corrected chi connectivity index (χ2v) is 26.3. The highest BCUT2D eigenvalue weighted by Crippen LogP contribution is 2.43. The van der Waals surface area contributed by atoms with Crippen molar-refractivity contribution in [1.29, 1.82) is 0 Å².